The number of benzene rings is 2. The van der Waals surface area contributed by atoms with E-state index >= 15 is 0 Å². The van der Waals surface area contributed by atoms with Gasteiger partial charge in [0, 0.05) is 18.1 Å². The number of carbonyl (C=O) groups excluding carboxylic acids is 1. The molecule has 1 aromatic heterocycles. The van der Waals surface area contributed by atoms with E-state index in [9.17, 15) is 9.59 Å². The van der Waals surface area contributed by atoms with Crippen molar-refractivity contribution in [3.05, 3.63) is 85.7 Å². The minimum Gasteiger partial charge on any atom is -0.456 e. The highest BCUT2D eigenvalue weighted by molar-refractivity contribution is 9.10. The van der Waals surface area contributed by atoms with Gasteiger partial charge in [-0.2, -0.15) is 5.10 Å². The number of ether oxygens (including phenoxy) is 1. The van der Waals surface area contributed by atoms with Crippen molar-refractivity contribution < 1.29 is 9.53 Å². The van der Waals surface area contributed by atoms with E-state index in [0.29, 0.717) is 22.2 Å². The van der Waals surface area contributed by atoms with Crippen LogP contribution in [0.1, 0.15) is 27.2 Å². The molecule has 27 heavy (non-hydrogen) atoms. The van der Waals surface area contributed by atoms with Crippen molar-refractivity contribution >= 4 is 22.2 Å². The van der Waals surface area contributed by atoms with Crippen molar-refractivity contribution in [2.24, 2.45) is 5.73 Å². The van der Waals surface area contributed by atoms with Gasteiger partial charge in [0.2, 0.25) is 0 Å². The molecular formula is C20H20BrN3O3. The Morgan fingerprint density at radius 2 is 1.89 bits per heavy atom. The molecule has 0 fully saturated rings. The van der Waals surface area contributed by atoms with Gasteiger partial charge in [0.05, 0.1) is 10.2 Å². The molecule has 0 spiro atoms. The van der Waals surface area contributed by atoms with Crippen LogP contribution in [0.25, 0.3) is 0 Å². The van der Waals surface area contributed by atoms with Gasteiger partial charge < -0.3 is 10.5 Å². The van der Waals surface area contributed by atoms with E-state index in [-0.39, 0.29) is 5.56 Å². The molecule has 0 radical (unpaired) electrons. The molecule has 0 atom stereocenters. The normalized spacial score (nSPS) is 9.93. The van der Waals surface area contributed by atoms with Crippen LogP contribution in [-0.4, -0.2) is 23.5 Å². The Balaban J connectivity index is 0.00000126. The summed E-state index contributed by atoms with van der Waals surface area (Å²) >= 11 is 3.42. The van der Waals surface area contributed by atoms with Crippen molar-refractivity contribution in [1.29, 1.82) is 0 Å². The lowest BCUT2D eigenvalue weighted by atomic mass is 10.1. The van der Waals surface area contributed by atoms with Crippen LogP contribution in [0.15, 0.2) is 57.8 Å². The van der Waals surface area contributed by atoms with Gasteiger partial charge in [-0.3, -0.25) is 9.59 Å². The third kappa shape index (κ3) is 5.60. The zero-order valence-corrected chi connectivity index (χ0v) is 16.6. The minimum absolute atomic E-state index is 0.222. The number of nitrogens with zero attached hydrogens (tertiary/aromatic N) is 1. The monoisotopic (exact) mass is 429 g/mol. The maximum absolute atomic E-state index is 11.1. The number of aromatic amines is 1. The topological polar surface area (TPSA) is 98.1 Å². The molecule has 3 rings (SSSR count). The standard InChI is InChI=1S/C19H15BrN2O3.CH5N/c1-12-2-3-13(8-15-5-7-19(24)22-21-15)10-18(12)25-17-6-4-14(11-23)9-16(17)20;1-2/h2-7,9-11H,8H2,1H3,(H,22,24);2H2,1H3. The van der Waals surface area contributed by atoms with Gasteiger partial charge in [0.1, 0.15) is 17.8 Å². The second-order valence-electron chi connectivity index (χ2n) is 5.60. The maximum atomic E-state index is 11.1. The second kappa shape index (κ2) is 9.80. The van der Waals surface area contributed by atoms with Gasteiger partial charge in [0.15, 0.2) is 0 Å². The number of aryl methyl sites for hydroxylation is 1. The number of nitrogens with one attached hydrogen (secondary N) is 1. The number of aldehydes is 1. The third-order valence-electron chi connectivity index (χ3n) is 3.69. The van der Waals surface area contributed by atoms with Crippen LogP contribution < -0.4 is 16.0 Å². The van der Waals surface area contributed by atoms with E-state index in [2.05, 4.69) is 31.9 Å². The van der Waals surface area contributed by atoms with Crippen LogP contribution in [-0.2, 0) is 6.42 Å². The lowest BCUT2D eigenvalue weighted by Crippen LogP contribution is -2.07. The Labute approximate surface area is 165 Å². The van der Waals surface area contributed by atoms with Crippen LogP contribution in [0.5, 0.6) is 11.5 Å². The predicted molar refractivity (Wildman–Crippen MR) is 109 cm³/mol. The van der Waals surface area contributed by atoms with Crippen LogP contribution in [0.4, 0.5) is 0 Å². The van der Waals surface area contributed by atoms with E-state index < -0.39 is 0 Å². The Hall–Kier alpha value is -2.77. The molecule has 6 nitrogen and oxygen atoms in total. The predicted octanol–water partition coefficient (Wildman–Crippen LogP) is 3.61. The van der Waals surface area contributed by atoms with E-state index in [0.717, 1.165) is 28.9 Å². The number of hydrogen-bond donors (Lipinski definition) is 2. The van der Waals surface area contributed by atoms with Gasteiger partial charge in [0.25, 0.3) is 5.56 Å². The highest BCUT2D eigenvalue weighted by Gasteiger charge is 2.08. The summed E-state index contributed by atoms with van der Waals surface area (Å²) < 4.78 is 6.71. The van der Waals surface area contributed by atoms with Crippen LogP contribution >= 0.6 is 15.9 Å². The summed E-state index contributed by atoms with van der Waals surface area (Å²) in [6, 6.07) is 14.3. The number of nitrogens with two attached hydrogens (primary N) is 1. The first-order chi connectivity index (χ1) is 13.0. The maximum Gasteiger partial charge on any atom is 0.264 e. The molecule has 0 aliphatic carbocycles. The molecule has 140 valence electrons. The molecule has 0 bridgehead atoms. The highest BCUT2D eigenvalue weighted by atomic mass is 79.9. The number of hydrogen-bond acceptors (Lipinski definition) is 5. The summed E-state index contributed by atoms with van der Waals surface area (Å²) in [5.74, 6) is 1.36. The average molecular weight is 430 g/mol. The molecule has 0 amide bonds. The van der Waals surface area contributed by atoms with Crippen LogP contribution in [0.2, 0.25) is 0 Å². The summed E-state index contributed by atoms with van der Waals surface area (Å²) in [6.07, 6.45) is 1.37. The molecule has 2 aromatic carbocycles. The van der Waals surface area contributed by atoms with Gasteiger partial charge in [-0.1, -0.05) is 12.1 Å². The van der Waals surface area contributed by atoms with Crippen molar-refractivity contribution in [2.75, 3.05) is 7.05 Å². The SMILES string of the molecule is CN.Cc1ccc(Cc2ccc(=O)[nH]n2)cc1Oc1ccc(C=O)cc1Br. The second-order valence-corrected chi connectivity index (χ2v) is 6.45. The summed E-state index contributed by atoms with van der Waals surface area (Å²) in [7, 11) is 1.50. The largest absolute Gasteiger partial charge is 0.456 e. The van der Waals surface area contributed by atoms with Crippen molar-refractivity contribution in [3.8, 4) is 11.5 Å². The fraction of sp³-hybridized carbons (Fsp3) is 0.150. The first kappa shape index (κ1) is 20.5. The molecule has 0 saturated carbocycles. The molecule has 7 heteroatoms. The molecule has 0 aliphatic heterocycles. The smallest absolute Gasteiger partial charge is 0.264 e. The summed E-state index contributed by atoms with van der Waals surface area (Å²) in [5.41, 5.74) is 7.63. The fourth-order valence-corrected chi connectivity index (χ4v) is 2.81. The Bertz CT molecular complexity index is 966. The van der Waals surface area contributed by atoms with E-state index in [1.807, 2.05) is 25.1 Å². The van der Waals surface area contributed by atoms with Gasteiger partial charge >= 0.3 is 0 Å². The number of rotatable bonds is 5. The van der Waals surface area contributed by atoms with E-state index in [1.54, 1.807) is 24.3 Å². The third-order valence-corrected chi connectivity index (χ3v) is 4.31. The lowest BCUT2D eigenvalue weighted by molar-refractivity contribution is 0.112. The lowest BCUT2D eigenvalue weighted by Gasteiger charge is -2.12. The first-order valence-electron chi connectivity index (χ1n) is 8.19. The van der Waals surface area contributed by atoms with Gasteiger partial charge in [-0.05, 0) is 71.4 Å². The zero-order valence-electron chi connectivity index (χ0n) is 15.0. The average Bonchev–Trinajstić information content (AvgIpc) is 2.69. The number of H-pyrrole nitrogens is 1. The van der Waals surface area contributed by atoms with Crippen LogP contribution in [0, 0.1) is 6.92 Å². The summed E-state index contributed by atoms with van der Waals surface area (Å²) in [6.45, 7) is 1.96. The van der Waals surface area contributed by atoms with Crippen molar-refractivity contribution in [3.63, 3.8) is 0 Å². The molecule has 1 heterocycles. The molecule has 3 N–H and O–H groups in total. The summed E-state index contributed by atoms with van der Waals surface area (Å²) in [4.78, 5) is 21.9. The number of carbonyl (C=O) groups is 1. The molecule has 3 aromatic rings. The minimum atomic E-state index is -0.222. The molecule has 0 aliphatic rings. The van der Waals surface area contributed by atoms with Crippen molar-refractivity contribution in [2.45, 2.75) is 13.3 Å². The Kier molecular flexibility index (Phi) is 7.45. The zero-order chi connectivity index (χ0) is 19.8. The van der Waals surface area contributed by atoms with Crippen molar-refractivity contribution in [1.82, 2.24) is 10.2 Å². The highest BCUT2D eigenvalue weighted by Crippen LogP contribution is 2.32. The molecular weight excluding hydrogens is 410 g/mol. The quantitative estimate of drug-likeness (QED) is 0.603. The van der Waals surface area contributed by atoms with Gasteiger partial charge in [-0.15, -0.1) is 0 Å². The summed E-state index contributed by atoms with van der Waals surface area (Å²) in [5, 5.41) is 6.46. The molecule has 0 unspecified atom stereocenters. The molecule has 0 saturated heterocycles. The first-order valence-corrected chi connectivity index (χ1v) is 8.99. The van der Waals surface area contributed by atoms with E-state index in [1.165, 1.54) is 13.1 Å². The number of aromatic nitrogens is 2. The van der Waals surface area contributed by atoms with Crippen LogP contribution in [0.3, 0.4) is 0 Å². The number of halogens is 1. The van der Waals surface area contributed by atoms with E-state index in [4.69, 9.17) is 4.74 Å². The Morgan fingerprint density at radius 1 is 1.11 bits per heavy atom. The fourth-order valence-electron chi connectivity index (χ4n) is 2.34. The van der Waals surface area contributed by atoms with Gasteiger partial charge in [-0.25, -0.2) is 5.10 Å². The Morgan fingerprint density at radius 3 is 2.52 bits per heavy atom.